The second kappa shape index (κ2) is 16.0. The minimum absolute atomic E-state index is 0.176. The van der Waals surface area contributed by atoms with Crippen LogP contribution in [0.25, 0.3) is 83.9 Å². The molecular formula is C59H55N3O. The van der Waals surface area contributed by atoms with E-state index in [-0.39, 0.29) is 16.6 Å². The number of para-hydroxylation sites is 1. The Morgan fingerprint density at radius 2 is 1.14 bits per heavy atom. The number of imidazole rings is 1. The summed E-state index contributed by atoms with van der Waals surface area (Å²) < 4.78 is 2.26. The van der Waals surface area contributed by atoms with Crippen LogP contribution in [0.3, 0.4) is 0 Å². The van der Waals surface area contributed by atoms with E-state index in [9.17, 15) is 5.11 Å². The predicted molar refractivity (Wildman–Crippen MR) is 265 cm³/mol. The van der Waals surface area contributed by atoms with Gasteiger partial charge in [0.1, 0.15) is 11.6 Å². The number of phenolic OH excluding ortho intramolecular Hbond substituents is 1. The van der Waals surface area contributed by atoms with Gasteiger partial charge in [-0.25, -0.2) is 4.98 Å². The summed E-state index contributed by atoms with van der Waals surface area (Å²) in [5, 5.41) is 12.5. The van der Waals surface area contributed by atoms with Crippen LogP contribution in [0.4, 0.5) is 0 Å². The Bertz CT molecular complexity index is 3140. The van der Waals surface area contributed by atoms with Gasteiger partial charge in [0.2, 0.25) is 0 Å². The van der Waals surface area contributed by atoms with Gasteiger partial charge in [-0.05, 0) is 142 Å². The third-order valence-electron chi connectivity index (χ3n) is 12.5. The zero-order chi connectivity index (χ0) is 44.2. The fourth-order valence-electron chi connectivity index (χ4n) is 8.71. The molecule has 2 heterocycles. The van der Waals surface area contributed by atoms with Crippen LogP contribution in [-0.4, -0.2) is 19.6 Å². The fraction of sp³-hybridized carbons (Fsp3) is 0.186. The second-order valence-corrected chi connectivity index (χ2v) is 19.1. The molecule has 0 radical (unpaired) electrons. The molecule has 9 aromatic rings. The monoisotopic (exact) mass is 821 g/mol. The van der Waals surface area contributed by atoms with Crippen LogP contribution in [0.1, 0.15) is 69.4 Å². The van der Waals surface area contributed by atoms with Gasteiger partial charge in [0.15, 0.2) is 0 Å². The van der Waals surface area contributed by atoms with Crippen molar-refractivity contribution >= 4 is 11.0 Å². The highest BCUT2D eigenvalue weighted by Crippen LogP contribution is 2.45. The van der Waals surface area contributed by atoms with E-state index in [0.717, 1.165) is 83.6 Å². The number of aromatic hydroxyl groups is 1. The first-order valence-corrected chi connectivity index (χ1v) is 22.0. The molecule has 63 heavy (non-hydrogen) atoms. The molecule has 7 aromatic carbocycles. The molecule has 0 aliphatic heterocycles. The number of fused-ring (bicyclic) bond motifs is 1. The largest absolute Gasteiger partial charge is 0.507 e. The van der Waals surface area contributed by atoms with E-state index in [0.29, 0.717) is 11.4 Å². The van der Waals surface area contributed by atoms with E-state index < -0.39 is 0 Å². The van der Waals surface area contributed by atoms with E-state index in [1.54, 1.807) is 0 Å². The lowest BCUT2D eigenvalue weighted by Crippen LogP contribution is -2.17. The first kappa shape index (κ1) is 41.3. The fourth-order valence-corrected chi connectivity index (χ4v) is 8.71. The van der Waals surface area contributed by atoms with E-state index in [1.807, 2.05) is 6.20 Å². The molecule has 0 unspecified atom stereocenters. The Kier molecular flexibility index (Phi) is 10.5. The summed E-state index contributed by atoms with van der Waals surface area (Å²) in [6, 6.07) is 56.2. The molecule has 4 heteroatoms. The van der Waals surface area contributed by atoms with Crippen molar-refractivity contribution in [3.63, 3.8) is 0 Å². The third-order valence-corrected chi connectivity index (χ3v) is 12.5. The van der Waals surface area contributed by atoms with Crippen molar-refractivity contribution in [3.05, 3.63) is 192 Å². The normalized spacial score (nSPS) is 12.0. The van der Waals surface area contributed by atoms with Crippen LogP contribution in [-0.2, 0) is 10.8 Å². The molecular weight excluding hydrogens is 767 g/mol. The summed E-state index contributed by atoms with van der Waals surface area (Å²) in [6.07, 6.45) is 1.91. The van der Waals surface area contributed by atoms with E-state index in [1.165, 1.54) is 16.7 Å². The van der Waals surface area contributed by atoms with E-state index in [4.69, 9.17) is 9.97 Å². The summed E-state index contributed by atoms with van der Waals surface area (Å²) >= 11 is 0. The topological polar surface area (TPSA) is 50.9 Å². The van der Waals surface area contributed by atoms with Gasteiger partial charge in [0.05, 0.1) is 22.3 Å². The van der Waals surface area contributed by atoms with Crippen molar-refractivity contribution < 1.29 is 5.11 Å². The lowest BCUT2D eigenvalue weighted by molar-refractivity contribution is 0.446. The Labute approximate surface area is 372 Å². The van der Waals surface area contributed by atoms with Gasteiger partial charge in [0.25, 0.3) is 0 Å². The molecule has 9 rings (SSSR count). The van der Waals surface area contributed by atoms with E-state index >= 15 is 0 Å². The molecule has 0 bridgehead atoms. The van der Waals surface area contributed by atoms with Crippen LogP contribution in [0.15, 0.2) is 164 Å². The van der Waals surface area contributed by atoms with Gasteiger partial charge in [-0.3, -0.25) is 9.55 Å². The average molecular weight is 822 g/mol. The lowest BCUT2D eigenvalue weighted by atomic mass is 9.79. The van der Waals surface area contributed by atoms with Gasteiger partial charge < -0.3 is 5.11 Å². The lowest BCUT2D eigenvalue weighted by Gasteiger charge is -2.27. The maximum absolute atomic E-state index is 12.5. The first-order chi connectivity index (χ1) is 30.1. The number of pyridine rings is 1. The molecule has 2 aromatic heterocycles. The Balaban J connectivity index is 1.34. The number of phenols is 1. The number of rotatable bonds is 7. The average Bonchev–Trinajstić information content (AvgIpc) is 3.67. The van der Waals surface area contributed by atoms with E-state index in [2.05, 4.69) is 225 Å². The summed E-state index contributed by atoms with van der Waals surface area (Å²) in [6.45, 7) is 19.7. The molecule has 4 nitrogen and oxygen atoms in total. The quantitative estimate of drug-likeness (QED) is 0.174. The van der Waals surface area contributed by atoms with Crippen molar-refractivity contribution in [2.24, 2.45) is 0 Å². The molecule has 312 valence electrons. The number of benzene rings is 7. The standard InChI is InChI=1S/C59H55N3O/c1-37-23-25-41(26-24-37)43-27-28-60-53(33-43)46-31-44(40-17-12-10-13-18-40)30-45(32-46)49-21-16-22-54-55(49)61-57(51-34-47(58(4,5)6)35-52(56(51)63)59(7,8)9)62(54)48-29-38(2)39(3)50(36-48)42-19-14-11-15-20-42/h10-36,63H,1-9H3. The van der Waals surface area contributed by atoms with Crippen molar-refractivity contribution in [2.75, 3.05) is 0 Å². The molecule has 0 fully saturated rings. The summed E-state index contributed by atoms with van der Waals surface area (Å²) in [5.74, 6) is 0.953. The molecule has 0 amide bonds. The predicted octanol–water partition coefficient (Wildman–Crippen LogP) is 15.6. The van der Waals surface area contributed by atoms with Crippen LogP contribution >= 0.6 is 0 Å². The van der Waals surface area contributed by atoms with Crippen LogP contribution in [0.5, 0.6) is 5.75 Å². The van der Waals surface area contributed by atoms with Gasteiger partial charge in [0, 0.05) is 28.6 Å². The number of hydrogen-bond acceptors (Lipinski definition) is 3. The second-order valence-electron chi connectivity index (χ2n) is 19.1. The van der Waals surface area contributed by atoms with Gasteiger partial charge >= 0.3 is 0 Å². The zero-order valence-electron chi connectivity index (χ0n) is 37.9. The molecule has 0 saturated heterocycles. The van der Waals surface area contributed by atoms with Crippen molar-refractivity contribution in [3.8, 4) is 78.6 Å². The highest BCUT2D eigenvalue weighted by atomic mass is 16.3. The molecule has 0 aliphatic carbocycles. The Morgan fingerprint density at radius 3 is 1.83 bits per heavy atom. The molecule has 0 atom stereocenters. The van der Waals surface area contributed by atoms with Crippen LogP contribution in [0.2, 0.25) is 0 Å². The number of nitrogens with zero attached hydrogens (tertiary/aromatic N) is 3. The summed E-state index contributed by atoms with van der Waals surface area (Å²) in [7, 11) is 0. The van der Waals surface area contributed by atoms with Gasteiger partial charge in [-0.15, -0.1) is 0 Å². The Hall–Kier alpha value is -7.04. The molecule has 0 saturated carbocycles. The molecule has 0 aliphatic rings. The maximum atomic E-state index is 12.5. The minimum Gasteiger partial charge on any atom is -0.507 e. The number of hydrogen-bond donors (Lipinski definition) is 1. The summed E-state index contributed by atoms with van der Waals surface area (Å²) in [5.41, 5.74) is 19.4. The Morgan fingerprint density at radius 1 is 0.492 bits per heavy atom. The minimum atomic E-state index is -0.317. The van der Waals surface area contributed by atoms with Crippen molar-refractivity contribution in [1.29, 1.82) is 0 Å². The van der Waals surface area contributed by atoms with Crippen molar-refractivity contribution in [2.45, 2.75) is 73.1 Å². The van der Waals surface area contributed by atoms with Gasteiger partial charge in [-0.1, -0.05) is 150 Å². The number of aromatic nitrogens is 3. The molecule has 0 spiro atoms. The van der Waals surface area contributed by atoms with Crippen molar-refractivity contribution in [1.82, 2.24) is 14.5 Å². The summed E-state index contributed by atoms with van der Waals surface area (Å²) in [4.78, 5) is 10.6. The molecule has 1 N–H and O–H groups in total. The smallest absolute Gasteiger partial charge is 0.149 e. The number of aryl methyl sites for hydroxylation is 2. The van der Waals surface area contributed by atoms with Crippen LogP contribution < -0.4 is 0 Å². The highest BCUT2D eigenvalue weighted by molar-refractivity contribution is 5.98. The first-order valence-electron chi connectivity index (χ1n) is 22.0. The maximum Gasteiger partial charge on any atom is 0.149 e. The van der Waals surface area contributed by atoms with Crippen LogP contribution in [0, 0.1) is 20.8 Å². The zero-order valence-corrected chi connectivity index (χ0v) is 37.9. The highest BCUT2D eigenvalue weighted by Gasteiger charge is 2.29. The van der Waals surface area contributed by atoms with Gasteiger partial charge in [-0.2, -0.15) is 0 Å². The third kappa shape index (κ3) is 7.98. The SMILES string of the molecule is Cc1ccc(-c2ccnc(-c3cc(-c4ccccc4)cc(-c4cccc5c4nc(-c4cc(C(C)(C)C)cc(C(C)(C)C)c4O)n5-c4cc(C)c(C)c(-c5ccccc5)c4)c3)c2)cc1.